The smallest absolute Gasteiger partial charge is 0.111 e. The number of rotatable bonds is 2. The molecule has 0 saturated heterocycles. The summed E-state index contributed by atoms with van der Waals surface area (Å²) in [7, 11) is 0. The van der Waals surface area contributed by atoms with Gasteiger partial charge in [0.2, 0.25) is 0 Å². The molecule has 4 heteroatoms. The molecule has 4 nitrogen and oxygen atoms in total. The number of nitriles is 1. The Morgan fingerprint density at radius 3 is 2.56 bits per heavy atom. The molecule has 0 bridgehead atoms. The Morgan fingerprint density at radius 1 is 1.25 bits per heavy atom. The van der Waals surface area contributed by atoms with Gasteiger partial charge < -0.3 is 0 Å². The second-order valence-corrected chi connectivity index (χ2v) is 3.82. The van der Waals surface area contributed by atoms with Gasteiger partial charge in [0.15, 0.2) is 0 Å². The minimum atomic E-state index is 0.340. The molecule has 0 aliphatic rings. The molecule has 2 rings (SSSR count). The topological polar surface area (TPSA) is 54.5 Å². The van der Waals surface area contributed by atoms with Crippen molar-refractivity contribution in [1.82, 2.24) is 14.8 Å². The van der Waals surface area contributed by atoms with Gasteiger partial charge in [0.05, 0.1) is 11.3 Å². The van der Waals surface area contributed by atoms with E-state index >= 15 is 0 Å². The Balaban J connectivity index is 2.32. The molecule has 16 heavy (non-hydrogen) atoms. The average molecular weight is 212 g/mol. The van der Waals surface area contributed by atoms with Gasteiger partial charge in [-0.2, -0.15) is 10.4 Å². The van der Waals surface area contributed by atoms with Crippen molar-refractivity contribution in [1.29, 1.82) is 5.26 Å². The zero-order valence-electron chi connectivity index (χ0n) is 9.25. The molecule has 2 heterocycles. The minimum absolute atomic E-state index is 0.340. The maximum Gasteiger partial charge on any atom is 0.111 e. The van der Waals surface area contributed by atoms with Crippen molar-refractivity contribution < 1.29 is 0 Å². The number of hydrogen-bond donors (Lipinski definition) is 0. The molecule has 80 valence electrons. The summed E-state index contributed by atoms with van der Waals surface area (Å²) in [6.07, 6.45) is 3.49. The van der Waals surface area contributed by atoms with Crippen LogP contribution in [0.2, 0.25) is 0 Å². The third-order valence-corrected chi connectivity index (χ3v) is 2.29. The number of pyridine rings is 1. The standard InChI is InChI=1S/C12H12N4/c1-9(2)16-6-5-12(15-16)11-4-3-10(7-13)8-14-11/h3-6,8-9H,1-2H3. The second kappa shape index (κ2) is 4.15. The van der Waals surface area contributed by atoms with E-state index in [2.05, 4.69) is 23.9 Å². The Hall–Kier alpha value is -2.15. The molecular formula is C12H12N4. The van der Waals surface area contributed by atoms with Crippen molar-refractivity contribution in [3.05, 3.63) is 36.2 Å². The van der Waals surface area contributed by atoms with Crippen LogP contribution in [0.25, 0.3) is 11.4 Å². The van der Waals surface area contributed by atoms with Crippen LogP contribution in [0.5, 0.6) is 0 Å². The summed E-state index contributed by atoms with van der Waals surface area (Å²) in [5.74, 6) is 0. The van der Waals surface area contributed by atoms with Gasteiger partial charge in [-0.3, -0.25) is 9.67 Å². The first kappa shape index (κ1) is 10.4. The van der Waals surface area contributed by atoms with Crippen LogP contribution in [0.1, 0.15) is 25.5 Å². The molecule has 0 atom stereocenters. The summed E-state index contributed by atoms with van der Waals surface area (Å²) < 4.78 is 1.88. The van der Waals surface area contributed by atoms with Gasteiger partial charge in [-0.05, 0) is 32.0 Å². The fourth-order valence-electron chi connectivity index (χ4n) is 1.37. The van der Waals surface area contributed by atoms with Gasteiger partial charge in [-0.1, -0.05) is 0 Å². The molecule has 0 radical (unpaired) electrons. The van der Waals surface area contributed by atoms with Crippen LogP contribution in [0, 0.1) is 11.3 Å². The first-order valence-corrected chi connectivity index (χ1v) is 5.12. The van der Waals surface area contributed by atoms with Crippen LogP contribution < -0.4 is 0 Å². The molecule has 0 aromatic carbocycles. The molecule has 0 unspecified atom stereocenters. The highest BCUT2D eigenvalue weighted by Gasteiger charge is 2.05. The second-order valence-electron chi connectivity index (χ2n) is 3.82. The van der Waals surface area contributed by atoms with Gasteiger partial charge >= 0.3 is 0 Å². The van der Waals surface area contributed by atoms with E-state index < -0.39 is 0 Å². The van der Waals surface area contributed by atoms with Crippen LogP contribution in [-0.2, 0) is 0 Å². The molecule has 0 spiro atoms. The molecule has 2 aromatic rings. The molecule has 2 aromatic heterocycles. The third kappa shape index (κ3) is 1.94. The molecule has 0 fully saturated rings. The molecular weight excluding hydrogens is 200 g/mol. The monoisotopic (exact) mass is 212 g/mol. The fraction of sp³-hybridized carbons (Fsp3) is 0.250. The van der Waals surface area contributed by atoms with Crippen molar-refractivity contribution in [3.8, 4) is 17.5 Å². The first-order valence-electron chi connectivity index (χ1n) is 5.12. The highest BCUT2D eigenvalue weighted by Crippen LogP contribution is 2.15. The number of nitrogens with zero attached hydrogens (tertiary/aromatic N) is 4. The van der Waals surface area contributed by atoms with Crippen molar-refractivity contribution in [3.63, 3.8) is 0 Å². The molecule has 0 amide bonds. The quantitative estimate of drug-likeness (QED) is 0.768. The van der Waals surface area contributed by atoms with Gasteiger partial charge in [-0.15, -0.1) is 0 Å². The van der Waals surface area contributed by atoms with Gasteiger partial charge in [-0.25, -0.2) is 0 Å². The van der Waals surface area contributed by atoms with Crippen LogP contribution >= 0.6 is 0 Å². The van der Waals surface area contributed by atoms with Crippen molar-refractivity contribution in [2.24, 2.45) is 0 Å². The predicted molar refractivity (Wildman–Crippen MR) is 60.6 cm³/mol. The van der Waals surface area contributed by atoms with E-state index in [0.717, 1.165) is 11.4 Å². The SMILES string of the molecule is CC(C)n1ccc(-c2ccc(C#N)cn2)n1. The Kier molecular flexibility index (Phi) is 2.69. The molecule has 0 saturated carbocycles. The van der Waals surface area contributed by atoms with Crippen molar-refractivity contribution in [2.45, 2.75) is 19.9 Å². The lowest BCUT2D eigenvalue weighted by molar-refractivity contribution is 0.534. The lowest BCUT2D eigenvalue weighted by Gasteiger charge is -2.03. The lowest BCUT2D eigenvalue weighted by Crippen LogP contribution is -2.00. The zero-order valence-corrected chi connectivity index (χ0v) is 9.25. The third-order valence-electron chi connectivity index (χ3n) is 2.29. The average Bonchev–Trinajstić information content (AvgIpc) is 2.78. The Bertz CT molecular complexity index is 517. The summed E-state index contributed by atoms with van der Waals surface area (Å²) in [6, 6.07) is 7.86. The predicted octanol–water partition coefficient (Wildman–Crippen LogP) is 2.40. The highest BCUT2D eigenvalue weighted by molar-refractivity contribution is 5.53. The molecule has 0 N–H and O–H groups in total. The Labute approximate surface area is 94.2 Å². The van der Waals surface area contributed by atoms with E-state index in [-0.39, 0.29) is 0 Å². The van der Waals surface area contributed by atoms with Crippen LogP contribution in [0.15, 0.2) is 30.6 Å². The van der Waals surface area contributed by atoms with E-state index in [1.165, 1.54) is 0 Å². The first-order chi connectivity index (χ1) is 7.70. The summed E-state index contributed by atoms with van der Waals surface area (Å²) >= 11 is 0. The van der Waals surface area contributed by atoms with Crippen LogP contribution in [0.3, 0.4) is 0 Å². The van der Waals surface area contributed by atoms with E-state index in [9.17, 15) is 0 Å². The zero-order chi connectivity index (χ0) is 11.5. The van der Waals surface area contributed by atoms with Gasteiger partial charge in [0, 0.05) is 18.4 Å². The maximum absolute atomic E-state index is 8.67. The highest BCUT2D eigenvalue weighted by atomic mass is 15.3. The summed E-state index contributed by atoms with van der Waals surface area (Å²) in [5, 5.41) is 13.1. The van der Waals surface area contributed by atoms with E-state index in [0.29, 0.717) is 11.6 Å². The van der Waals surface area contributed by atoms with E-state index in [1.54, 1.807) is 12.3 Å². The van der Waals surface area contributed by atoms with E-state index in [1.807, 2.05) is 29.1 Å². The molecule has 0 aliphatic heterocycles. The van der Waals surface area contributed by atoms with Gasteiger partial charge in [0.1, 0.15) is 11.8 Å². The van der Waals surface area contributed by atoms with Crippen LogP contribution in [0.4, 0.5) is 0 Å². The van der Waals surface area contributed by atoms with Crippen molar-refractivity contribution >= 4 is 0 Å². The number of aromatic nitrogens is 3. The Morgan fingerprint density at radius 2 is 2.06 bits per heavy atom. The maximum atomic E-state index is 8.67. The fourth-order valence-corrected chi connectivity index (χ4v) is 1.37. The van der Waals surface area contributed by atoms with Gasteiger partial charge in [0.25, 0.3) is 0 Å². The molecule has 0 aliphatic carbocycles. The minimum Gasteiger partial charge on any atom is -0.270 e. The summed E-state index contributed by atoms with van der Waals surface area (Å²) in [4.78, 5) is 4.19. The van der Waals surface area contributed by atoms with Crippen molar-refractivity contribution in [2.75, 3.05) is 0 Å². The van der Waals surface area contributed by atoms with E-state index in [4.69, 9.17) is 5.26 Å². The largest absolute Gasteiger partial charge is 0.270 e. The number of hydrogen-bond acceptors (Lipinski definition) is 3. The normalized spacial score (nSPS) is 10.4. The lowest BCUT2D eigenvalue weighted by atomic mass is 10.2. The van der Waals surface area contributed by atoms with Crippen LogP contribution in [-0.4, -0.2) is 14.8 Å². The summed E-state index contributed by atoms with van der Waals surface area (Å²) in [5.41, 5.74) is 2.18. The summed E-state index contributed by atoms with van der Waals surface area (Å²) in [6.45, 7) is 4.14.